The molecule has 0 aliphatic heterocycles. The van der Waals surface area contributed by atoms with Gasteiger partial charge in [0.1, 0.15) is 0 Å². The molecule has 1 N–H and O–H groups in total. The van der Waals surface area contributed by atoms with Crippen molar-refractivity contribution in [1.82, 2.24) is 5.32 Å². The van der Waals surface area contributed by atoms with E-state index in [0.29, 0.717) is 6.42 Å². The van der Waals surface area contributed by atoms with Crippen molar-refractivity contribution in [3.05, 3.63) is 0 Å². The van der Waals surface area contributed by atoms with E-state index < -0.39 is 23.4 Å². The topological polar surface area (TPSA) is 81.7 Å². The lowest BCUT2D eigenvalue weighted by Crippen LogP contribution is -2.61. The third kappa shape index (κ3) is 5.06. The molecule has 0 saturated carbocycles. The Bertz CT molecular complexity index is 314. The molecule has 0 fully saturated rings. The van der Waals surface area contributed by atoms with E-state index in [9.17, 15) is 14.4 Å². The number of halogens is 1. The van der Waals surface area contributed by atoms with E-state index >= 15 is 0 Å². The summed E-state index contributed by atoms with van der Waals surface area (Å²) in [5.41, 5.74) is -1.81. The zero-order valence-electron chi connectivity index (χ0n) is 11.5. The Kier molecular flexibility index (Phi) is 8.14. The third-order valence-corrected chi connectivity index (χ3v) is 2.59. The normalized spacial score (nSPS) is 10.7. The molecule has 0 radical (unpaired) electrons. The van der Waals surface area contributed by atoms with Crippen LogP contribution >= 0.6 is 11.6 Å². The minimum atomic E-state index is -1.81. The molecule has 0 atom stereocenters. The summed E-state index contributed by atoms with van der Waals surface area (Å²) in [7, 11) is 0. The number of carbonyl (C=O) groups excluding carboxylic acids is 3. The quantitative estimate of drug-likeness (QED) is 0.410. The van der Waals surface area contributed by atoms with Crippen LogP contribution in [0.25, 0.3) is 0 Å². The number of ether oxygens (including phenoxy) is 2. The zero-order valence-corrected chi connectivity index (χ0v) is 12.2. The maximum absolute atomic E-state index is 12.0. The van der Waals surface area contributed by atoms with Crippen LogP contribution in [-0.2, 0) is 23.9 Å². The van der Waals surface area contributed by atoms with Crippen molar-refractivity contribution >= 4 is 29.4 Å². The molecule has 0 spiro atoms. The predicted octanol–water partition coefficient (Wildman–Crippen LogP) is 1.01. The summed E-state index contributed by atoms with van der Waals surface area (Å²) in [6, 6.07) is 0. The molecule has 7 heteroatoms. The summed E-state index contributed by atoms with van der Waals surface area (Å²) in [4.78, 5) is 35.4. The second-order valence-corrected chi connectivity index (χ2v) is 4.20. The van der Waals surface area contributed by atoms with Crippen molar-refractivity contribution in [3.8, 4) is 0 Å². The van der Waals surface area contributed by atoms with Gasteiger partial charge in [-0.15, -0.1) is 11.6 Å². The molecule has 0 bridgehead atoms. The monoisotopic (exact) mass is 293 g/mol. The van der Waals surface area contributed by atoms with E-state index in [2.05, 4.69) is 5.32 Å². The lowest BCUT2D eigenvalue weighted by Gasteiger charge is -2.29. The van der Waals surface area contributed by atoms with Crippen molar-refractivity contribution in [1.29, 1.82) is 0 Å². The fourth-order valence-electron chi connectivity index (χ4n) is 1.59. The largest absolute Gasteiger partial charge is 0.464 e. The molecule has 19 heavy (non-hydrogen) atoms. The van der Waals surface area contributed by atoms with E-state index in [1.165, 1.54) is 6.92 Å². The minimum Gasteiger partial charge on any atom is -0.464 e. The van der Waals surface area contributed by atoms with Gasteiger partial charge in [0, 0.05) is 12.8 Å². The number of amides is 1. The van der Waals surface area contributed by atoms with Gasteiger partial charge in [-0.2, -0.15) is 0 Å². The Morgan fingerprint density at radius 3 is 1.89 bits per heavy atom. The van der Waals surface area contributed by atoms with Crippen molar-refractivity contribution in [2.75, 3.05) is 19.1 Å². The van der Waals surface area contributed by atoms with Gasteiger partial charge in [-0.05, 0) is 26.7 Å². The number of hydrogen-bond acceptors (Lipinski definition) is 5. The minimum absolute atomic E-state index is 0.0355. The van der Waals surface area contributed by atoms with E-state index in [1.54, 1.807) is 13.8 Å². The zero-order chi connectivity index (χ0) is 14.9. The molecule has 0 aromatic rings. The first-order valence-corrected chi connectivity index (χ1v) is 6.67. The van der Waals surface area contributed by atoms with Crippen LogP contribution in [0.15, 0.2) is 0 Å². The number of hydrogen-bond donors (Lipinski definition) is 1. The molecule has 1 amide bonds. The highest BCUT2D eigenvalue weighted by Crippen LogP contribution is 2.19. The molecule has 0 rings (SSSR count). The maximum Gasteiger partial charge on any atom is 0.343 e. The highest BCUT2D eigenvalue weighted by Gasteiger charge is 2.49. The first-order valence-electron chi connectivity index (χ1n) is 6.13. The van der Waals surface area contributed by atoms with Crippen molar-refractivity contribution in [3.63, 3.8) is 0 Å². The summed E-state index contributed by atoms with van der Waals surface area (Å²) in [6.45, 7) is 4.64. The Morgan fingerprint density at radius 1 is 1.11 bits per heavy atom. The first-order chi connectivity index (χ1) is 8.94. The molecular formula is C12H20ClNO5. The van der Waals surface area contributed by atoms with Crippen LogP contribution in [0.2, 0.25) is 0 Å². The molecule has 0 aromatic heterocycles. The molecule has 0 aromatic carbocycles. The lowest BCUT2D eigenvalue weighted by atomic mass is 9.93. The van der Waals surface area contributed by atoms with Crippen LogP contribution < -0.4 is 5.32 Å². The average Bonchev–Trinajstić information content (AvgIpc) is 2.34. The summed E-state index contributed by atoms with van der Waals surface area (Å²) >= 11 is 5.59. The SMILES string of the molecule is CCOC(=O)C(CCCCl)(NC(C)=O)C(=O)OCC. The Labute approximate surface area is 117 Å². The van der Waals surface area contributed by atoms with Gasteiger partial charge in [-0.3, -0.25) is 4.79 Å². The van der Waals surface area contributed by atoms with Gasteiger partial charge in [0.15, 0.2) is 0 Å². The number of nitrogens with one attached hydrogen (secondary N) is 1. The Morgan fingerprint density at radius 2 is 1.58 bits per heavy atom. The van der Waals surface area contributed by atoms with Crippen molar-refractivity contribution < 1.29 is 23.9 Å². The van der Waals surface area contributed by atoms with Crippen molar-refractivity contribution in [2.24, 2.45) is 0 Å². The van der Waals surface area contributed by atoms with Crippen molar-refractivity contribution in [2.45, 2.75) is 39.2 Å². The smallest absolute Gasteiger partial charge is 0.343 e. The second-order valence-electron chi connectivity index (χ2n) is 3.82. The van der Waals surface area contributed by atoms with Crippen LogP contribution in [0.1, 0.15) is 33.6 Å². The van der Waals surface area contributed by atoms with Gasteiger partial charge in [-0.1, -0.05) is 0 Å². The van der Waals surface area contributed by atoms with Crippen LogP contribution in [0, 0.1) is 0 Å². The fraction of sp³-hybridized carbons (Fsp3) is 0.750. The van der Waals surface area contributed by atoms with Crippen LogP contribution in [0.4, 0.5) is 0 Å². The average molecular weight is 294 g/mol. The summed E-state index contributed by atoms with van der Waals surface area (Å²) in [5, 5.41) is 2.35. The molecular weight excluding hydrogens is 274 g/mol. The molecule has 6 nitrogen and oxygen atoms in total. The second kappa shape index (κ2) is 8.74. The maximum atomic E-state index is 12.0. The molecule has 0 aliphatic carbocycles. The third-order valence-electron chi connectivity index (χ3n) is 2.32. The van der Waals surface area contributed by atoms with Gasteiger partial charge >= 0.3 is 11.9 Å². The highest BCUT2D eigenvalue weighted by atomic mass is 35.5. The predicted molar refractivity (Wildman–Crippen MR) is 69.8 cm³/mol. The van der Waals surface area contributed by atoms with Gasteiger partial charge in [0.05, 0.1) is 13.2 Å². The van der Waals surface area contributed by atoms with Gasteiger partial charge in [0.2, 0.25) is 11.4 Å². The number of rotatable bonds is 8. The number of alkyl halides is 1. The first kappa shape index (κ1) is 17.7. The van der Waals surface area contributed by atoms with E-state index in [4.69, 9.17) is 21.1 Å². The summed E-state index contributed by atoms with van der Waals surface area (Å²) in [6.07, 6.45) is 0.396. The molecule has 0 heterocycles. The number of esters is 2. The van der Waals surface area contributed by atoms with Crippen LogP contribution in [-0.4, -0.2) is 42.5 Å². The standard InChI is InChI=1S/C12H20ClNO5/c1-4-18-10(16)12(7-6-8-13,14-9(3)15)11(17)19-5-2/h4-8H2,1-3H3,(H,14,15). The molecule has 0 aliphatic rings. The van der Waals surface area contributed by atoms with Crippen LogP contribution in [0.5, 0.6) is 0 Å². The molecule has 0 unspecified atom stereocenters. The lowest BCUT2D eigenvalue weighted by molar-refractivity contribution is -0.168. The van der Waals surface area contributed by atoms with Gasteiger partial charge < -0.3 is 14.8 Å². The Hall–Kier alpha value is -1.30. The molecule has 0 saturated heterocycles. The Balaban J connectivity index is 5.35. The van der Waals surface area contributed by atoms with E-state index in [1.807, 2.05) is 0 Å². The van der Waals surface area contributed by atoms with E-state index in [0.717, 1.165) is 0 Å². The fourth-order valence-corrected chi connectivity index (χ4v) is 1.73. The number of carbonyl (C=O) groups is 3. The summed E-state index contributed by atoms with van der Waals surface area (Å²) < 4.78 is 9.75. The summed E-state index contributed by atoms with van der Waals surface area (Å²) in [5.74, 6) is -1.92. The van der Waals surface area contributed by atoms with Gasteiger partial charge in [0.25, 0.3) is 0 Å². The van der Waals surface area contributed by atoms with Crippen LogP contribution in [0.3, 0.4) is 0 Å². The molecule has 110 valence electrons. The van der Waals surface area contributed by atoms with Gasteiger partial charge in [-0.25, -0.2) is 9.59 Å². The van der Waals surface area contributed by atoms with E-state index in [-0.39, 0.29) is 25.5 Å². The highest BCUT2D eigenvalue weighted by molar-refractivity contribution is 6.18.